The summed E-state index contributed by atoms with van der Waals surface area (Å²) in [5.74, 6) is 5.70. The van der Waals surface area contributed by atoms with Crippen LogP contribution in [0.15, 0.2) is 18.3 Å². The maximum atomic E-state index is 6.21. The lowest BCUT2D eigenvalue weighted by Gasteiger charge is -2.16. The molecule has 0 aliphatic rings. The Morgan fingerprint density at radius 3 is 2.83 bits per heavy atom. The van der Waals surface area contributed by atoms with Crippen LogP contribution in [0, 0.1) is 0 Å². The second-order valence-electron chi connectivity index (χ2n) is 3.95. The molecule has 0 aliphatic heterocycles. The van der Waals surface area contributed by atoms with Crippen LogP contribution in [0.1, 0.15) is 35.3 Å². The zero-order chi connectivity index (χ0) is 13.1. The molecule has 6 heteroatoms. The van der Waals surface area contributed by atoms with E-state index in [0.29, 0.717) is 5.02 Å². The van der Waals surface area contributed by atoms with Crippen LogP contribution >= 0.6 is 22.9 Å². The molecule has 0 bridgehead atoms. The van der Waals surface area contributed by atoms with Crippen molar-refractivity contribution in [1.82, 2.24) is 15.2 Å². The van der Waals surface area contributed by atoms with E-state index in [4.69, 9.17) is 17.4 Å². The molecular formula is C12H17ClN4S. The number of aromatic nitrogens is 2. The first-order valence-corrected chi connectivity index (χ1v) is 7.16. The number of halogens is 1. The Bertz CT molecular complexity index is 520. The van der Waals surface area contributed by atoms with Crippen LogP contribution in [0.3, 0.4) is 0 Å². The molecule has 2 aromatic heterocycles. The average Bonchev–Trinajstić information content (AvgIpc) is 2.99. The van der Waals surface area contributed by atoms with Gasteiger partial charge in [-0.25, -0.2) is 5.43 Å². The molecule has 98 valence electrons. The third kappa shape index (κ3) is 2.44. The fraction of sp³-hybridized carbons (Fsp3) is 0.417. The highest BCUT2D eigenvalue weighted by atomic mass is 35.5. The first-order valence-electron chi connectivity index (χ1n) is 5.97. The normalized spacial score (nSPS) is 12.9. The summed E-state index contributed by atoms with van der Waals surface area (Å²) < 4.78 is 1.87. The highest BCUT2D eigenvalue weighted by molar-refractivity contribution is 7.12. The van der Waals surface area contributed by atoms with Crippen LogP contribution in [0.5, 0.6) is 0 Å². The molecule has 18 heavy (non-hydrogen) atoms. The number of nitrogens with two attached hydrogens (primary N) is 1. The number of aryl methyl sites for hydroxylation is 2. The first-order chi connectivity index (χ1) is 8.71. The second-order valence-corrected chi connectivity index (χ2v) is 5.56. The number of hydrogen-bond donors (Lipinski definition) is 2. The Morgan fingerprint density at radius 1 is 1.50 bits per heavy atom. The van der Waals surface area contributed by atoms with E-state index in [2.05, 4.69) is 29.6 Å². The van der Waals surface area contributed by atoms with E-state index in [1.807, 2.05) is 11.6 Å². The van der Waals surface area contributed by atoms with Crippen molar-refractivity contribution in [1.29, 1.82) is 0 Å². The van der Waals surface area contributed by atoms with E-state index in [0.717, 1.165) is 23.5 Å². The summed E-state index contributed by atoms with van der Waals surface area (Å²) in [5, 5.41) is 4.89. The van der Waals surface area contributed by atoms with Crippen LogP contribution in [-0.2, 0) is 13.0 Å². The summed E-state index contributed by atoms with van der Waals surface area (Å²) >= 11 is 7.96. The molecule has 0 radical (unpaired) electrons. The van der Waals surface area contributed by atoms with E-state index >= 15 is 0 Å². The highest BCUT2D eigenvalue weighted by Gasteiger charge is 2.22. The summed E-state index contributed by atoms with van der Waals surface area (Å²) in [7, 11) is 0. The van der Waals surface area contributed by atoms with Gasteiger partial charge in [0.15, 0.2) is 0 Å². The summed E-state index contributed by atoms with van der Waals surface area (Å²) in [6.45, 7) is 4.95. The minimum Gasteiger partial charge on any atom is -0.270 e. The Kier molecular flexibility index (Phi) is 4.40. The van der Waals surface area contributed by atoms with E-state index < -0.39 is 0 Å². The van der Waals surface area contributed by atoms with Crippen LogP contribution in [0.4, 0.5) is 0 Å². The van der Waals surface area contributed by atoms with Gasteiger partial charge in [-0.15, -0.1) is 11.3 Å². The standard InChI is InChI=1S/C12H17ClN4S/c1-3-8-5-6-10(18-8)11(16-14)12-9(13)7-15-17(12)4-2/h5-7,11,16H,3-4,14H2,1-2H3. The third-order valence-corrected chi connectivity index (χ3v) is 4.47. The molecule has 2 heterocycles. The summed E-state index contributed by atoms with van der Waals surface area (Å²) in [6.07, 6.45) is 2.70. The first kappa shape index (κ1) is 13.5. The largest absolute Gasteiger partial charge is 0.270 e. The van der Waals surface area contributed by atoms with Crippen LogP contribution in [-0.4, -0.2) is 9.78 Å². The van der Waals surface area contributed by atoms with Gasteiger partial charge < -0.3 is 0 Å². The van der Waals surface area contributed by atoms with Crippen molar-refractivity contribution >= 4 is 22.9 Å². The highest BCUT2D eigenvalue weighted by Crippen LogP contribution is 2.32. The van der Waals surface area contributed by atoms with Gasteiger partial charge in [0.25, 0.3) is 0 Å². The molecule has 3 N–H and O–H groups in total. The van der Waals surface area contributed by atoms with Gasteiger partial charge in [-0.2, -0.15) is 5.10 Å². The topological polar surface area (TPSA) is 55.9 Å². The molecule has 0 aliphatic carbocycles. The molecule has 0 amide bonds. The number of hydrogen-bond acceptors (Lipinski definition) is 4. The van der Waals surface area contributed by atoms with Crippen molar-refractivity contribution in [2.45, 2.75) is 32.9 Å². The quantitative estimate of drug-likeness (QED) is 0.656. The average molecular weight is 285 g/mol. The van der Waals surface area contributed by atoms with Gasteiger partial charge in [-0.05, 0) is 25.5 Å². The number of rotatable bonds is 5. The van der Waals surface area contributed by atoms with E-state index in [1.54, 1.807) is 17.5 Å². The lowest BCUT2D eigenvalue weighted by atomic mass is 10.2. The maximum absolute atomic E-state index is 6.21. The lowest BCUT2D eigenvalue weighted by molar-refractivity contribution is 0.548. The second kappa shape index (κ2) is 5.84. The summed E-state index contributed by atoms with van der Waals surface area (Å²) in [6, 6.07) is 4.12. The van der Waals surface area contributed by atoms with Crippen molar-refractivity contribution in [3.05, 3.63) is 38.8 Å². The predicted octanol–water partition coefficient (Wildman–Crippen LogP) is 2.73. The van der Waals surface area contributed by atoms with E-state index in [-0.39, 0.29) is 6.04 Å². The number of nitrogens with zero attached hydrogens (tertiary/aromatic N) is 2. The Labute approximate surface area is 116 Å². The Balaban J connectivity index is 2.41. The molecule has 1 unspecified atom stereocenters. The number of nitrogens with one attached hydrogen (secondary N) is 1. The van der Waals surface area contributed by atoms with Gasteiger partial charge in [0.05, 0.1) is 23.0 Å². The van der Waals surface area contributed by atoms with Gasteiger partial charge in [-0.3, -0.25) is 10.5 Å². The molecule has 2 aromatic rings. The molecule has 1 atom stereocenters. The maximum Gasteiger partial charge on any atom is 0.0985 e. The molecule has 0 saturated carbocycles. The monoisotopic (exact) mass is 284 g/mol. The van der Waals surface area contributed by atoms with Gasteiger partial charge in [0, 0.05) is 16.3 Å². The SMILES string of the molecule is CCc1ccc(C(NN)c2c(Cl)cnn2CC)s1. The van der Waals surface area contributed by atoms with E-state index in [9.17, 15) is 0 Å². The van der Waals surface area contributed by atoms with Crippen molar-refractivity contribution in [3.8, 4) is 0 Å². The number of hydrazine groups is 1. The minimum atomic E-state index is -0.106. The van der Waals surface area contributed by atoms with Gasteiger partial charge in [0.1, 0.15) is 0 Å². The van der Waals surface area contributed by atoms with Crippen LogP contribution in [0.2, 0.25) is 5.02 Å². The Morgan fingerprint density at radius 2 is 2.28 bits per heavy atom. The third-order valence-electron chi connectivity index (χ3n) is 2.89. The molecule has 2 rings (SSSR count). The fourth-order valence-electron chi connectivity index (χ4n) is 1.95. The zero-order valence-corrected chi connectivity index (χ0v) is 12.1. The zero-order valence-electron chi connectivity index (χ0n) is 10.5. The number of thiophene rings is 1. The molecule has 0 fully saturated rings. The van der Waals surface area contributed by atoms with Crippen LogP contribution in [0.25, 0.3) is 0 Å². The van der Waals surface area contributed by atoms with Crippen molar-refractivity contribution in [2.24, 2.45) is 5.84 Å². The Hall–Kier alpha value is -0.880. The van der Waals surface area contributed by atoms with Crippen molar-refractivity contribution in [2.75, 3.05) is 0 Å². The molecular weight excluding hydrogens is 268 g/mol. The molecule has 0 spiro atoms. The van der Waals surface area contributed by atoms with Crippen LogP contribution < -0.4 is 11.3 Å². The summed E-state index contributed by atoms with van der Waals surface area (Å²) in [5.41, 5.74) is 3.76. The fourth-order valence-corrected chi connectivity index (χ4v) is 3.21. The minimum absolute atomic E-state index is 0.106. The van der Waals surface area contributed by atoms with Gasteiger partial charge in [-0.1, -0.05) is 18.5 Å². The van der Waals surface area contributed by atoms with Crippen molar-refractivity contribution < 1.29 is 0 Å². The molecule has 0 saturated heterocycles. The predicted molar refractivity (Wildman–Crippen MR) is 75.8 cm³/mol. The smallest absolute Gasteiger partial charge is 0.0985 e. The summed E-state index contributed by atoms with van der Waals surface area (Å²) in [4.78, 5) is 2.50. The van der Waals surface area contributed by atoms with Gasteiger partial charge >= 0.3 is 0 Å². The van der Waals surface area contributed by atoms with E-state index in [1.165, 1.54) is 4.88 Å². The lowest BCUT2D eigenvalue weighted by Crippen LogP contribution is -2.30. The van der Waals surface area contributed by atoms with Gasteiger partial charge in [0.2, 0.25) is 0 Å². The molecule has 0 aromatic carbocycles. The van der Waals surface area contributed by atoms with Crippen molar-refractivity contribution in [3.63, 3.8) is 0 Å². The molecule has 4 nitrogen and oxygen atoms in total.